The van der Waals surface area contributed by atoms with E-state index in [1.54, 1.807) is 0 Å². The molecule has 2 aliphatic rings. The molecule has 1 aromatic rings. The monoisotopic (exact) mass is 328 g/mol. The van der Waals surface area contributed by atoms with Crippen LogP contribution >= 0.6 is 0 Å². The van der Waals surface area contributed by atoms with E-state index in [1.165, 1.54) is 12.3 Å². The third-order valence-electron chi connectivity index (χ3n) is 4.29. The van der Waals surface area contributed by atoms with E-state index in [-0.39, 0.29) is 28.3 Å². The topological polar surface area (TPSA) is 135 Å². The number of hydrogen-bond acceptors (Lipinski definition) is 6. The number of aromatic amines is 1. The number of carbonyl (C=O) groups is 1. The Morgan fingerprint density at radius 3 is 2.79 bits per heavy atom. The molecule has 1 atom stereocenters. The minimum absolute atomic E-state index is 0.0657. The lowest BCUT2D eigenvalue weighted by Gasteiger charge is -2.36. The second-order valence-corrected chi connectivity index (χ2v) is 6.77. The van der Waals surface area contributed by atoms with Crippen molar-refractivity contribution in [2.75, 3.05) is 0 Å². The summed E-state index contributed by atoms with van der Waals surface area (Å²) in [6.07, 6.45) is 2.05. The molecule has 0 saturated heterocycles. The Bertz CT molecular complexity index is 854. The highest BCUT2D eigenvalue weighted by Gasteiger charge is 2.43. The SMILES string of the molecule is CC1(C)CC(=O)C2=C(C1)OC(N)=C(C#N)[C@@H]2c1cc([N+](=O)[O-])c[nH]1. The van der Waals surface area contributed by atoms with Gasteiger partial charge in [0.25, 0.3) is 5.69 Å². The molecule has 0 radical (unpaired) electrons. The molecule has 2 heterocycles. The van der Waals surface area contributed by atoms with Gasteiger partial charge in [-0.25, -0.2) is 0 Å². The minimum atomic E-state index is -0.768. The lowest BCUT2D eigenvalue weighted by molar-refractivity contribution is -0.384. The molecule has 0 aromatic carbocycles. The second-order valence-electron chi connectivity index (χ2n) is 6.77. The number of carbonyl (C=O) groups excluding carboxylic acids is 1. The molecular formula is C16H16N4O4. The van der Waals surface area contributed by atoms with Crippen LogP contribution in [0, 0.1) is 26.9 Å². The first-order chi connectivity index (χ1) is 11.2. The fourth-order valence-corrected chi connectivity index (χ4v) is 3.27. The van der Waals surface area contributed by atoms with Gasteiger partial charge >= 0.3 is 0 Å². The van der Waals surface area contributed by atoms with Gasteiger partial charge in [-0.1, -0.05) is 13.8 Å². The number of ether oxygens (including phenoxy) is 1. The zero-order valence-electron chi connectivity index (χ0n) is 13.3. The molecule has 1 aromatic heterocycles. The molecule has 1 aliphatic heterocycles. The van der Waals surface area contributed by atoms with Crippen LogP contribution in [0.1, 0.15) is 38.3 Å². The van der Waals surface area contributed by atoms with Crippen molar-refractivity contribution < 1.29 is 14.5 Å². The Hall–Kier alpha value is -3.08. The predicted molar refractivity (Wildman–Crippen MR) is 83.1 cm³/mol. The summed E-state index contributed by atoms with van der Waals surface area (Å²) in [6, 6.07) is 3.29. The first-order valence-corrected chi connectivity index (χ1v) is 7.40. The van der Waals surface area contributed by atoms with Gasteiger partial charge in [0.2, 0.25) is 5.88 Å². The molecule has 0 amide bonds. The van der Waals surface area contributed by atoms with Gasteiger partial charge in [-0.3, -0.25) is 14.9 Å². The van der Waals surface area contributed by atoms with Crippen LogP contribution in [0.5, 0.6) is 0 Å². The van der Waals surface area contributed by atoms with Crippen molar-refractivity contribution >= 4 is 11.5 Å². The Morgan fingerprint density at radius 2 is 2.21 bits per heavy atom. The maximum atomic E-state index is 12.7. The molecule has 124 valence electrons. The van der Waals surface area contributed by atoms with Crippen LogP contribution in [0.2, 0.25) is 0 Å². The van der Waals surface area contributed by atoms with Crippen molar-refractivity contribution in [1.29, 1.82) is 5.26 Å². The van der Waals surface area contributed by atoms with Crippen molar-refractivity contribution in [3.8, 4) is 6.07 Å². The van der Waals surface area contributed by atoms with Gasteiger partial charge in [0.15, 0.2) is 5.78 Å². The lowest BCUT2D eigenvalue weighted by Crippen LogP contribution is -2.33. The summed E-state index contributed by atoms with van der Waals surface area (Å²) in [4.78, 5) is 25.9. The first kappa shape index (κ1) is 15.8. The minimum Gasteiger partial charge on any atom is -0.444 e. The highest BCUT2D eigenvalue weighted by Crippen LogP contribution is 2.47. The largest absolute Gasteiger partial charge is 0.444 e. The number of allylic oxidation sites excluding steroid dienone is 3. The third-order valence-corrected chi connectivity index (χ3v) is 4.29. The second kappa shape index (κ2) is 5.23. The first-order valence-electron chi connectivity index (χ1n) is 7.40. The van der Waals surface area contributed by atoms with Gasteiger partial charge in [0.1, 0.15) is 17.4 Å². The summed E-state index contributed by atoms with van der Waals surface area (Å²) < 4.78 is 5.55. The lowest BCUT2D eigenvalue weighted by atomic mass is 9.71. The molecule has 0 unspecified atom stereocenters. The molecule has 8 heteroatoms. The third kappa shape index (κ3) is 2.44. The van der Waals surface area contributed by atoms with Crippen molar-refractivity contribution in [1.82, 2.24) is 4.98 Å². The quantitative estimate of drug-likeness (QED) is 0.632. The van der Waals surface area contributed by atoms with Crippen molar-refractivity contribution in [2.24, 2.45) is 11.1 Å². The van der Waals surface area contributed by atoms with Crippen LogP contribution in [-0.4, -0.2) is 15.7 Å². The number of nitro groups is 1. The van der Waals surface area contributed by atoms with E-state index < -0.39 is 10.8 Å². The number of nitrogens with one attached hydrogen (secondary N) is 1. The summed E-state index contributed by atoms with van der Waals surface area (Å²) in [6.45, 7) is 3.90. The standard InChI is InChI=1S/C16H16N4O4/c1-16(2)4-11(21)14-12(5-16)24-15(18)9(6-17)13(14)10-3-8(7-19-10)20(22)23/h3,7,13,19H,4-5,18H2,1-2H3/t13-/m1/s1. The van der Waals surface area contributed by atoms with Crippen LogP contribution < -0.4 is 5.73 Å². The molecule has 0 saturated carbocycles. The van der Waals surface area contributed by atoms with Crippen LogP contribution in [-0.2, 0) is 9.53 Å². The van der Waals surface area contributed by atoms with Crippen molar-refractivity contribution in [3.05, 3.63) is 50.9 Å². The highest BCUT2D eigenvalue weighted by molar-refractivity contribution is 5.99. The number of H-pyrrole nitrogens is 1. The normalized spacial score (nSPS) is 22.7. The summed E-state index contributed by atoms with van der Waals surface area (Å²) in [5, 5.41) is 20.4. The molecule has 3 N–H and O–H groups in total. The molecular weight excluding hydrogens is 312 g/mol. The zero-order chi connectivity index (χ0) is 17.6. The molecule has 24 heavy (non-hydrogen) atoms. The van der Waals surface area contributed by atoms with E-state index in [0.717, 1.165) is 0 Å². The Labute approximate surface area is 137 Å². The van der Waals surface area contributed by atoms with Gasteiger partial charge in [-0.15, -0.1) is 0 Å². The highest BCUT2D eigenvalue weighted by atomic mass is 16.6. The zero-order valence-corrected chi connectivity index (χ0v) is 13.3. The number of nitrogens with zero attached hydrogens (tertiary/aromatic N) is 2. The molecule has 1 aliphatic carbocycles. The van der Waals surface area contributed by atoms with Gasteiger partial charge < -0.3 is 15.5 Å². The Morgan fingerprint density at radius 1 is 1.50 bits per heavy atom. The Kier molecular flexibility index (Phi) is 3.44. The maximum Gasteiger partial charge on any atom is 0.287 e. The van der Waals surface area contributed by atoms with Gasteiger partial charge in [0.05, 0.1) is 17.0 Å². The molecule has 3 rings (SSSR count). The number of hydrogen-bond donors (Lipinski definition) is 2. The van der Waals surface area contributed by atoms with Crippen LogP contribution in [0.15, 0.2) is 35.1 Å². The Balaban J connectivity index is 2.16. The molecule has 0 spiro atoms. The number of ketones is 1. The van der Waals surface area contributed by atoms with Gasteiger partial charge in [-0.05, 0) is 5.41 Å². The predicted octanol–water partition coefficient (Wildman–Crippen LogP) is 2.37. The van der Waals surface area contributed by atoms with E-state index in [9.17, 15) is 20.2 Å². The fraction of sp³-hybridized carbons (Fsp3) is 0.375. The maximum absolute atomic E-state index is 12.7. The van der Waals surface area contributed by atoms with E-state index in [4.69, 9.17) is 10.5 Å². The molecule has 8 nitrogen and oxygen atoms in total. The number of nitrogens with two attached hydrogens (primary N) is 1. The van der Waals surface area contributed by atoms with Crippen LogP contribution in [0.25, 0.3) is 0 Å². The number of Topliss-reactive ketones (excluding diaryl/α,β-unsaturated/α-hetero) is 1. The summed E-state index contributed by atoms with van der Waals surface area (Å²) >= 11 is 0. The number of aromatic nitrogens is 1. The number of nitriles is 1. The average Bonchev–Trinajstić information content (AvgIpc) is 2.94. The molecule has 0 fully saturated rings. The van der Waals surface area contributed by atoms with Crippen molar-refractivity contribution in [3.63, 3.8) is 0 Å². The fourth-order valence-electron chi connectivity index (χ4n) is 3.27. The number of rotatable bonds is 2. The smallest absolute Gasteiger partial charge is 0.287 e. The average molecular weight is 328 g/mol. The molecule has 0 bridgehead atoms. The van der Waals surface area contributed by atoms with Gasteiger partial charge in [0, 0.05) is 30.2 Å². The van der Waals surface area contributed by atoms with E-state index >= 15 is 0 Å². The van der Waals surface area contributed by atoms with E-state index in [0.29, 0.717) is 29.9 Å². The van der Waals surface area contributed by atoms with E-state index in [2.05, 4.69) is 4.98 Å². The summed E-state index contributed by atoms with van der Waals surface area (Å²) in [5.41, 5.74) is 6.27. The van der Waals surface area contributed by atoms with Gasteiger partial charge in [-0.2, -0.15) is 5.26 Å². The van der Waals surface area contributed by atoms with Crippen LogP contribution in [0.3, 0.4) is 0 Å². The summed E-state index contributed by atoms with van der Waals surface area (Å²) in [7, 11) is 0. The van der Waals surface area contributed by atoms with Crippen LogP contribution in [0.4, 0.5) is 5.69 Å². The van der Waals surface area contributed by atoms with E-state index in [1.807, 2.05) is 19.9 Å². The van der Waals surface area contributed by atoms with Crippen molar-refractivity contribution in [2.45, 2.75) is 32.6 Å². The summed E-state index contributed by atoms with van der Waals surface area (Å²) in [5.74, 6) is -0.529.